The zero-order valence-corrected chi connectivity index (χ0v) is 13.4. The molecule has 120 valence electrons. The third-order valence-electron chi connectivity index (χ3n) is 3.40. The molecular weight excluding hydrogens is 288 g/mol. The number of amides is 2. The molecule has 0 radical (unpaired) electrons. The van der Waals surface area contributed by atoms with Crippen LogP contribution in [0.3, 0.4) is 0 Å². The molecule has 2 amide bonds. The van der Waals surface area contributed by atoms with Crippen LogP contribution in [0, 0.1) is 6.92 Å². The fourth-order valence-corrected chi connectivity index (χ4v) is 2.22. The number of hydrogen-bond donors (Lipinski definition) is 1. The Morgan fingerprint density at radius 2 is 2.09 bits per heavy atom. The van der Waals surface area contributed by atoms with Crippen molar-refractivity contribution in [3.8, 4) is 0 Å². The summed E-state index contributed by atoms with van der Waals surface area (Å²) >= 11 is 0. The molecule has 0 saturated carbocycles. The van der Waals surface area contributed by atoms with Crippen LogP contribution in [0.25, 0.3) is 0 Å². The standard InChI is InChI=1S/C18H22N4O/c1-3-12-22(13-10-16-7-5-4-6-8-16)18(23)20-14-17-9-11-19-15(2)21-17/h3-9,11H,1,10,12-14H2,2H3,(H,20,23). The average molecular weight is 310 g/mol. The Morgan fingerprint density at radius 1 is 1.30 bits per heavy atom. The molecule has 0 unspecified atom stereocenters. The molecule has 0 aliphatic heterocycles. The molecule has 1 aromatic heterocycles. The Bertz CT molecular complexity index is 642. The number of carbonyl (C=O) groups is 1. The summed E-state index contributed by atoms with van der Waals surface area (Å²) in [6.07, 6.45) is 4.24. The van der Waals surface area contributed by atoms with Gasteiger partial charge >= 0.3 is 6.03 Å². The molecule has 0 aliphatic rings. The van der Waals surface area contributed by atoms with Gasteiger partial charge in [-0.3, -0.25) is 0 Å². The number of rotatable bonds is 7. The van der Waals surface area contributed by atoms with Crippen molar-refractivity contribution in [1.29, 1.82) is 0 Å². The highest BCUT2D eigenvalue weighted by Gasteiger charge is 2.11. The Hall–Kier alpha value is -2.69. The number of hydrogen-bond acceptors (Lipinski definition) is 3. The first-order valence-corrected chi connectivity index (χ1v) is 7.65. The molecule has 0 atom stereocenters. The van der Waals surface area contributed by atoms with Crippen molar-refractivity contribution in [3.05, 3.63) is 72.3 Å². The van der Waals surface area contributed by atoms with E-state index in [2.05, 4.69) is 34.0 Å². The highest BCUT2D eigenvalue weighted by Crippen LogP contribution is 2.02. The lowest BCUT2D eigenvalue weighted by Gasteiger charge is -2.21. The van der Waals surface area contributed by atoms with Crippen LogP contribution in [0.1, 0.15) is 17.1 Å². The first-order chi connectivity index (χ1) is 11.2. The van der Waals surface area contributed by atoms with Crippen LogP contribution in [0.5, 0.6) is 0 Å². The summed E-state index contributed by atoms with van der Waals surface area (Å²) in [5.41, 5.74) is 2.01. The third kappa shape index (κ3) is 5.54. The maximum absolute atomic E-state index is 12.3. The smallest absolute Gasteiger partial charge is 0.318 e. The minimum atomic E-state index is -0.114. The number of aromatic nitrogens is 2. The fourth-order valence-electron chi connectivity index (χ4n) is 2.22. The molecule has 1 N–H and O–H groups in total. The number of nitrogens with zero attached hydrogens (tertiary/aromatic N) is 3. The lowest BCUT2D eigenvalue weighted by molar-refractivity contribution is 0.203. The predicted octanol–water partition coefficient (Wildman–Crippen LogP) is 2.73. The molecule has 1 heterocycles. The van der Waals surface area contributed by atoms with Gasteiger partial charge in [-0.2, -0.15) is 0 Å². The van der Waals surface area contributed by atoms with Gasteiger partial charge in [-0.1, -0.05) is 36.4 Å². The number of urea groups is 1. The molecule has 1 aromatic carbocycles. The van der Waals surface area contributed by atoms with Gasteiger partial charge in [0, 0.05) is 19.3 Å². The molecule has 0 fully saturated rings. The largest absolute Gasteiger partial charge is 0.332 e. The van der Waals surface area contributed by atoms with Crippen LogP contribution in [0.4, 0.5) is 4.79 Å². The summed E-state index contributed by atoms with van der Waals surface area (Å²) in [4.78, 5) is 22.4. The van der Waals surface area contributed by atoms with E-state index in [4.69, 9.17) is 0 Å². The molecular formula is C18H22N4O. The van der Waals surface area contributed by atoms with Crippen LogP contribution in [-0.4, -0.2) is 34.0 Å². The van der Waals surface area contributed by atoms with Gasteiger partial charge in [-0.05, 0) is 25.0 Å². The fraction of sp³-hybridized carbons (Fsp3) is 0.278. The highest BCUT2D eigenvalue weighted by atomic mass is 16.2. The Morgan fingerprint density at radius 3 is 2.78 bits per heavy atom. The first kappa shape index (κ1) is 16.7. The average Bonchev–Trinajstić information content (AvgIpc) is 2.57. The quantitative estimate of drug-likeness (QED) is 0.800. The molecule has 2 aromatic rings. The maximum Gasteiger partial charge on any atom is 0.318 e. The Kier molecular flexibility index (Phi) is 6.29. The summed E-state index contributed by atoms with van der Waals surface area (Å²) in [7, 11) is 0. The summed E-state index contributed by atoms with van der Waals surface area (Å²) < 4.78 is 0. The van der Waals surface area contributed by atoms with Gasteiger partial charge in [-0.15, -0.1) is 6.58 Å². The summed E-state index contributed by atoms with van der Waals surface area (Å²) in [6, 6.07) is 11.8. The Balaban J connectivity index is 1.88. The molecule has 0 aliphatic carbocycles. The topological polar surface area (TPSA) is 58.1 Å². The zero-order valence-electron chi connectivity index (χ0n) is 13.4. The zero-order chi connectivity index (χ0) is 16.5. The van der Waals surface area contributed by atoms with Crippen molar-refractivity contribution in [2.45, 2.75) is 19.9 Å². The SMILES string of the molecule is C=CCN(CCc1ccccc1)C(=O)NCc1ccnc(C)n1. The van der Waals surface area contributed by atoms with Gasteiger partial charge in [0.15, 0.2) is 0 Å². The van der Waals surface area contributed by atoms with Gasteiger partial charge in [0.1, 0.15) is 5.82 Å². The van der Waals surface area contributed by atoms with Gasteiger partial charge < -0.3 is 10.2 Å². The first-order valence-electron chi connectivity index (χ1n) is 7.65. The molecule has 2 rings (SSSR count). The van der Waals surface area contributed by atoms with Crippen molar-refractivity contribution in [3.63, 3.8) is 0 Å². The van der Waals surface area contributed by atoms with Crippen molar-refractivity contribution >= 4 is 6.03 Å². The van der Waals surface area contributed by atoms with Crippen LogP contribution in [0.2, 0.25) is 0 Å². The van der Waals surface area contributed by atoms with E-state index in [1.165, 1.54) is 5.56 Å². The van der Waals surface area contributed by atoms with Crippen LogP contribution >= 0.6 is 0 Å². The second-order valence-corrected chi connectivity index (χ2v) is 5.22. The molecule has 5 nitrogen and oxygen atoms in total. The normalized spacial score (nSPS) is 10.1. The number of aryl methyl sites for hydroxylation is 1. The maximum atomic E-state index is 12.3. The highest BCUT2D eigenvalue weighted by molar-refractivity contribution is 5.74. The minimum Gasteiger partial charge on any atom is -0.332 e. The monoisotopic (exact) mass is 310 g/mol. The van der Waals surface area contributed by atoms with E-state index in [9.17, 15) is 4.79 Å². The molecule has 5 heteroatoms. The molecule has 0 spiro atoms. The lowest BCUT2D eigenvalue weighted by atomic mass is 10.1. The molecule has 23 heavy (non-hydrogen) atoms. The van der Waals surface area contributed by atoms with Gasteiger partial charge in [0.2, 0.25) is 0 Å². The van der Waals surface area contributed by atoms with E-state index in [0.717, 1.165) is 12.1 Å². The van der Waals surface area contributed by atoms with E-state index in [0.29, 0.717) is 25.5 Å². The van der Waals surface area contributed by atoms with Crippen molar-refractivity contribution < 1.29 is 4.79 Å². The van der Waals surface area contributed by atoms with Crippen molar-refractivity contribution in [1.82, 2.24) is 20.2 Å². The summed E-state index contributed by atoms with van der Waals surface area (Å²) in [6.45, 7) is 7.10. The second kappa shape index (κ2) is 8.68. The second-order valence-electron chi connectivity index (χ2n) is 5.22. The summed E-state index contributed by atoms with van der Waals surface area (Å²) in [5, 5.41) is 2.90. The van der Waals surface area contributed by atoms with Gasteiger partial charge in [-0.25, -0.2) is 14.8 Å². The minimum absolute atomic E-state index is 0.114. The molecule has 0 bridgehead atoms. The Labute approximate surface area is 137 Å². The van der Waals surface area contributed by atoms with E-state index in [1.54, 1.807) is 23.2 Å². The van der Waals surface area contributed by atoms with E-state index in [-0.39, 0.29) is 6.03 Å². The van der Waals surface area contributed by atoms with Gasteiger partial charge in [0.05, 0.1) is 12.2 Å². The van der Waals surface area contributed by atoms with Crippen LogP contribution < -0.4 is 5.32 Å². The van der Waals surface area contributed by atoms with E-state index in [1.807, 2.05) is 25.1 Å². The van der Waals surface area contributed by atoms with Crippen LogP contribution in [0.15, 0.2) is 55.3 Å². The summed E-state index contributed by atoms with van der Waals surface area (Å²) in [5.74, 6) is 0.698. The third-order valence-corrected chi connectivity index (χ3v) is 3.40. The van der Waals surface area contributed by atoms with Gasteiger partial charge in [0.25, 0.3) is 0 Å². The van der Waals surface area contributed by atoms with E-state index < -0.39 is 0 Å². The number of benzene rings is 1. The van der Waals surface area contributed by atoms with Crippen molar-refractivity contribution in [2.24, 2.45) is 0 Å². The van der Waals surface area contributed by atoms with Crippen LogP contribution in [-0.2, 0) is 13.0 Å². The molecule has 0 saturated heterocycles. The van der Waals surface area contributed by atoms with E-state index >= 15 is 0 Å². The predicted molar refractivity (Wildman–Crippen MR) is 90.9 cm³/mol. The van der Waals surface area contributed by atoms with Crippen molar-refractivity contribution in [2.75, 3.05) is 13.1 Å². The number of carbonyl (C=O) groups excluding carboxylic acids is 1. The number of nitrogens with one attached hydrogen (secondary N) is 1. The lowest BCUT2D eigenvalue weighted by Crippen LogP contribution is -2.41.